The van der Waals surface area contributed by atoms with Crippen molar-refractivity contribution >= 4 is 11.8 Å². The molecule has 4 nitrogen and oxygen atoms in total. The second-order valence-electron chi connectivity index (χ2n) is 6.39. The molecule has 4 heteroatoms. The standard InChI is InChI=1S/C20H29NO3/c1-2-3-4-5-6-10-15-24-16-11-9-14-21-19(22)17-12-7-8-13-18(17)20(21)23/h7-8,12-13H,2-6,9-11,14-16H2,1H3. The Morgan fingerprint density at radius 3 is 1.96 bits per heavy atom. The highest BCUT2D eigenvalue weighted by atomic mass is 16.5. The van der Waals surface area contributed by atoms with Gasteiger partial charge in [-0.1, -0.05) is 51.2 Å². The van der Waals surface area contributed by atoms with E-state index in [2.05, 4.69) is 6.92 Å². The summed E-state index contributed by atoms with van der Waals surface area (Å²) in [7, 11) is 0. The van der Waals surface area contributed by atoms with Crippen molar-refractivity contribution in [2.45, 2.75) is 58.3 Å². The lowest BCUT2D eigenvalue weighted by Crippen LogP contribution is -2.30. The number of unbranched alkanes of at least 4 members (excludes halogenated alkanes) is 6. The predicted molar refractivity (Wildman–Crippen MR) is 95.2 cm³/mol. The van der Waals surface area contributed by atoms with Crippen LogP contribution in [0.5, 0.6) is 0 Å². The number of fused-ring (bicyclic) bond motifs is 1. The van der Waals surface area contributed by atoms with Crippen LogP contribution in [0.4, 0.5) is 0 Å². The van der Waals surface area contributed by atoms with Crippen LogP contribution >= 0.6 is 0 Å². The minimum atomic E-state index is -0.163. The molecule has 0 radical (unpaired) electrons. The molecule has 0 aliphatic carbocycles. The summed E-state index contributed by atoms with van der Waals surface area (Å²) >= 11 is 0. The fourth-order valence-corrected chi connectivity index (χ4v) is 3.00. The maximum absolute atomic E-state index is 12.2. The van der Waals surface area contributed by atoms with Gasteiger partial charge in [-0.15, -0.1) is 0 Å². The average molecular weight is 331 g/mol. The fraction of sp³-hybridized carbons (Fsp3) is 0.600. The van der Waals surface area contributed by atoms with Crippen molar-refractivity contribution in [2.75, 3.05) is 19.8 Å². The van der Waals surface area contributed by atoms with Gasteiger partial charge in [0.15, 0.2) is 0 Å². The third kappa shape index (κ3) is 5.17. The summed E-state index contributed by atoms with van der Waals surface area (Å²) in [5.74, 6) is -0.327. The van der Waals surface area contributed by atoms with Crippen LogP contribution in [0.1, 0.15) is 79.0 Å². The first-order valence-electron chi connectivity index (χ1n) is 9.28. The second kappa shape index (κ2) is 10.2. The minimum absolute atomic E-state index is 0.163. The number of imide groups is 1. The summed E-state index contributed by atoms with van der Waals surface area (Å²) in [4.78, 5) is 25.7. The number of nitrogens with zero attached hydrogens (tertiary/aromatic N) is 1. The largest absolute Gasteiger partial charge is 0.381 e. The lowest BCUT2D eigenvalue weighted by atomic mass is 10.1. The lowest BCUT2D eigenvalue weighted by molar-refractivity contribution is 0.0642. The van der Waals surface area contributed by atoms with Crippen molar-refractivity contribution in [3.05, 3.63) is 35.4 Å². The normalized spacial score (nSPS) is 13.6. The zero-order valence-corrected chi connectivity index (χ0v) is 14.8. The monoisotopic (exact) mass is 331 g/mol. The highest BCUT2D eigenvalue weighted by Crippen LogP contribution is 2.22. The molecule has 0 fully saturated rings. The molecule has 2 rings (SSSR count). The van der Waals surface area contributed by atoms with Crippen molar-refractivity contribution < 1.29 is 14.3 Å². The quantitative estimate of drug-likeness (QED) is 0.420. The van der Waals surface area contributed by atoms with Gasteiger partial charge in [0.2, 0.25) is 0 Å². The van der Waals surface area contributed by atoms with E-state index in [9.17, 15) is 9.59 Å². The lowest BCUT2D eigenvalue weighted by Gasteiger charge is -2.13. The van der Waals surface area contributed by atoms with E-state index >= 15 is 0 Å². The highest BCUT2D eigenvalue weighted by Gasteiger charge is 2.34. The van der Waals surface area contributed by atoms with Crippen LogP contribution in [0, 0.1) is 0 Å². The Kier molecular flexibility index (Phi) is 7.96. The smallest absolute Gasteiger partial charge is 0.261 e. The van der Waals surface area contributed by atoms with Gasteiger partial charge in [0, 0.05) is 19.8 Å². The van der Waals surface area contributed by atoms with Gasteiger partial charge in [0.05, 0.1) is 11.1 Å². The number of benzene rings is 1. The SMILES string of the molecule is CCCCCCCCOCCCCN1C(=O)c2ccccc2C1=O. The molecule has 0 saturated heterocycles. The Hall–Kier alpha value is -1.68. The van der Waals surface area contributed by atoms with Crippen LogP contribution in [0.15, 0.2) is 24.3 Å². The molecule has 1 aromatic rings. The van der Waals surface area contributed by atoms with E-state index in [1.54, 1.807) is 24.3 Å². The summed E-state index contributed by atoms with van der Waals surface area (Å²) in [6.07, 6.45) is 9.29. The molecular weight excluding hydrogens is 302 g/mol. The molecule has 24 heavy (non-hydrogen) atoms. The van der Waals surface area contributed by atoms with Gasteiger partial charge in [-0.3, -0.25) is 14.5 Å². The number of carbonyl (C=O) groups excluding carboxylic acids is 2. The van der Waals surface area contributed by atoms with Gasteiger partial charge in [-0.25, -0.2) is 0 Å². The Morgan fingerprint density at radius 2 is 1.33 bits per heavy atom. The van der Waals surface area contributed by atoms with E-state index in [1.165, 1.54) is 37.0 Å². The summed E-state index contributed by atoms with van der Waals surface area (Å²) in [6, 6.07) is 7.03. The van der Waals surface area contributed by atoms with Gasteiger partial charge in [-0.05, 0) is 31.4 Å². The molecule has 0 saturated carbocycles. The van der Waals surface area contributed by atoms with Crippen LogP contribution in [-0.4, -0.2) is 36.5 Å². The number of hydrogen-bond donors (Lipinski definition) is 0. The summed E-state index contributed by atoms with van der Waals surface area (Å²) < 4.78 is 5.63. The van der Waals surface area contributed by atoms with Gasteiger partial charge < -0.3 is 4.74 Å². The molecule has 0 spiro atoms. The van der Waals surface area contributed by atoms with Gasteiger partial charge in [-0.2, -0.15) is 0 Å². The molecule has 0 bridgehead atoms. The van der Waals surface area contributed by atoms with E-state index in [0.717, 1.165) is 25.9 Å². The average Bonchev–Trinajstić information content (AvgIpc) is 2.84. The molecule has 132 valence electrons. The Morgan fingerprint density at radius 1 is 0.792 bits per heavy atom. The summed E-state index contributed by atoms with van der Waals surface area (Å²) in [5.41, 5.74) is 1.06. The van der Waals surface area contributed by atoms with Crippen molar-refractivity contribution in [3.8, 4) is 0 Å². The summed E-state index contributed by atoms with van der Waals surface area (Å²) in [5, 5.41) is 0. The van der Waals surface area contributed by atoms with E-state index < -0.39 is 0 Å². The third-order valence-electron chi connectivity index (χ3n) is 4.44. The maximum Gasteiger partial charge on any atom is 0.261 e. The van der Waals surface area contributed by atoms with E-state index in [-0.39, 0.29) is 11.8 Å². The topological polar surface area (TPSA) is 46.6 Å². The van der Waals surface area contributed by atoms with Crippen LogP contribution < -0.4 is 0 Å². The molecule has 0 aromatic heterocycles. The molecule has 2 amide bonds. The van der Waals surface area contributed by atoms with Crippen LogP contribution in [0.2, 0.25) is 0 Å². The molecular formula is C20H29NO3. The zero-order valence-electron chi connectivity index (χ0n) is 14.8. The highest BCUT2D eigenvalue weighted by molar-refractivity contribution is 6.21. The van der Waals surface area contributed by atoms with E-state index in [4.69, 9.17) is 4.74 Å². The van der Waals surface area contributed by atoms with E-state index in [1.807, 2.05) is 0 Å². The maximum atomic E-state index is 12.2. The number of amides is 2. The molecule has 1 aliphatic heterocycles. The van der Waals surface area contributed by atoms with Crippen LogP contribution in [0.25, 0.3) is 0 Å². The molecule has 1 aromatic carbocycles. The Labute approximate surface area is 145 Å². The first kappa shape index (κ1) is 18.7. The minimum Gasteiger partial charge on any atom is -0.381 e. The second-order valence-corrected chi connectivity index (χ2v) is 6.39. The Bertz CT molecular complexity index is 506. The zero-order chi connectivity index (χ0) is 17.2. The molecule has 0 N–H and O–H groups in total. The number of rotatable bonds is 12. The predicted octanol–water partition coefficient (Wildman–Crippen LogP) is 4.44. The number of hydrogen-bond acceptors (Lipinski definition) is 3. The van der Waals surface area contributed by atoms with Gasteiger partial charge >= 0.3 is 0 Å². The Balaban J connectivity index is 1.53. The first-order valence-corrected chi connectivity index (χ1v) is 9.28. The molecule has 0 unspecified atom stereocenters. The van der Waals surface area contributed by atoms with Gasteiger partial charge in [0.25, 0.3) is 11.8 Å². The van der Waals surface area contributed by atoms with Crippen LogP contribution in [-0.2, 0) is 4.74 Å². The molecule has 1 aliphatic rings. The third-order valence-corrected chi connectivity index (χ3v) is 4.44. The number of ether oxygens (including phenoxy) is 1. The van der Waals surface area contributed by atoms with Crippen molar-refractivity contribution in [2.24, 2.45) is 0 Å². The van der Waals surface area contributed by atoms with Crippen molar-refractivity contribution in [3.63, 3.8) is 0 Å². The van der Waals surface area contributed by atoms with Crippen molar-refractivity contribution in [1.82, 2.24) is 4.90 Å². The molecule has 1 heterocycles. The first-order chi connectivity index (χ1) is 11.8. The van der Waals surface area contributed by atoms with E-state index in [0.29, 0.717) is 24.3 Å². The molecule has 0 atom stereocenters. The van der Waals surface area contributed by atoms with Gasteiger partial charge in [0.1, 0.15) is 0 Å². The van der Waals surface area contributed by atoms with Crippen molar-refractivity contribution in [1.29, 1.82) is 0 Å². The fourth-order valence-electron chi connectivity index (χ4n) is 3.00. The summed E-state index contributed by atoms with van der Waals surface area (Å²) in [6.45, 7) is 4.23. The number of carbonyl (C=O) groups is 2. The van der Waals surface area contributed by atoms with Crippen LogP contribution in [0.3, 0.4) is 0 Å².